The van der Waals surface area contributed by atoms with Crippen molar-refractivity contribution in [3.05, 3.63) is 66.4 Å². The molecule has 0 aliphatic carbocycles. The fraction of sp³-hybridized carbons (Fsp3) is 0.200. The highest BCUT2D eigenvalue weighted by atomic mass is 19.4. The molecule has 0 unspecified atom stereocenters. The highest BCUT2D eigenvalue weighted by Crippen LogP contribution is 2.30. The summed E-state index contributed by atoms with van der Waals surface area (Å²) in [6.45, 7) is 0.823. The Kier molecular flexibility index (Phi) is 5.21. The Hall–Kier alpha value is -3.69. The van der Waals surface area contributed by atoms with Gasteiger partial charge in [-0.2, -0.15) is 0 Å². The minimum Gasteiger partial charge on any atom is -0.475 e. The number of amides is 1. The quantitative estimate of drug-likeness (QED) is 0.648. The molecule has 1 aliphatic heterocycles. The molecule has 1 aromatic carbocycles. The topological polar surface area (TPSA) is 77.4 Å². The van der Waals surface area contributed by atoms with E-state index in [1.54, 1.807) is 29.4 Å². The molecule has 0 spiro atoms. The number of carbonyl (C=O) groups excluding carboxylic acids is 1. The van der Waals surface area contributed by atoms with E-state index in [1.807, 2.05) is 0 Å². The van der Waals surface area contributed by atoms with Crippen molar-refractivity contribution in [1.29, 1.82) is 0 Å². The van der Waals surface area contributed by atoms with Crippen LogP contribution in [0.1, 0.15) is 16.2 Å². The molecule has 7 nitrogen and oxygen atoms in total. The minimum atomic E-state index is -4.76. The summed E-state index contributed by atoms with van der Waals surface area (Å²) >= 11 is 0. The van der Waals surface area contributed by atoms with Gasteiger partial charge in [-0.25, -0.2) is 15.0 Å². The maximum atomic E-state index is 13.0. The number of hydrogen-bond donors (Lipinski definition) is 0. The van der Waals surface area contributed by atoms with E-state index in [4.69, 9.17) is 4.74 Å². The Morgan fingerprint density at radius 3 is 2.50 bits per heavy atom. The van der Waals surface area contributed by atoms with Gasteiger partial charge in [0.1, 0.15) is 23.7 Å². The summed E-state index contributed by atoms with van der Waals surface area (Å²) in [6.07, 6.45) is -0.0632. The van der Waals surface area contributed by atoms with Gasteiger partial charge in [-0.3, -0.25) is 4.79 Å². The van der Waals surface area contributed by atoms with Crippen LogP contribution in [0.2, 0.25) is 0 Å². The van der Waals surface area contributed by atoms with Crippen LogP contribution in [0.5, 0.6) is 11.6 Å². The number of benzene rings is 1. The minimum absolute atomic E-state index is 0.206. The molecule has 30 heavy (non-hydrogen) atoms. The lowest BCUT2D eigenvalue weighted by Gasteiger charge is -2.18. The summed E-state index contributed by atoms with van der Waals surface area (Å²) in [7, 11) is 0. The highest BCUT2D eigenvalue weighted by Gasteiger charge is 2.31. The number of alkyl halides is 3. The molecule has 2 aromatic heterocycles. The predicted molar refractivity (Wildman–Crippen MR) is 98.6 cm³/mol. The van der Waals surface area contributed by atoms with Crippen LogP contribution in [0.3, 0.4) is 0 Å². The molecule has 0 saturated carbocycles. The van der Waals surface area contributed by atoms with E-state index in [1.165, 1.54) is 30.5 Å². The van der Waals surface area contributed by atoms with Crippen LogP contribution < -0.4 is 9.47 Å². The summed E-state index contributed by atoms with van der Waals surface area (Å²) in [5, 5.41) is 0. The van der Waals surface area contributed by atoms with Crippen LogP contribution in [-0.4, -0.2) is 45.3 Å². The summed E-state index contributed by atoms with van der Waals surface area (Å²) in [4.78, 5) is 27.1. The normalized spacial score (nSPS) is 14.0. The second-order valence-electron chi connectivity index (χ2n) is 6.39. The standard InChI is InChI=1S/C20H15F3N4O3/c21-20(22,23)30-15-4-2-13(3-5-15)14-10-16-18(26-11-14)29-9-8-27(19(16)28)12-17-24-6-1-7-25-17/h1-7,10-11H,8-9,12H2. The van der Waals surface area contributed by atoms with Gasteiger partial charge in [0.05, 0.1) is 13.1 Å². The maximum Gasteiger partial charge on any atom is 0.573 e. The molecule has 0 fully saturated rings. The van der Waals surface area contributed by atoms with Crippen LogP contribution in [0, 0.1) is 0 Å². The Labute approximate surface area is 169 Å². The Morgan fingerprint density at radius 1 is 1.07 bits per heavy atom. The van der Waals surface area contributed by atoms with E-state index in [0.29, 0.717) is 23.5 Å². The zero-order valence-corrected chi connectivity index (χ0v) is 15.5. The van der Waals surface area contributed by atoms with Gasteiger partial charge in [-0.05, 0) is 29.8 Å². The molecule has 0 saturated heterocycles. The van der Waals surface area contributed by atoms with Crippen molar-refractivity contribution >= 4 is 5.91 Å². The van der Waals surface area contributed by atoms with Crippen molar-refractivity contribution in [1.82, 2.24) is 19.9 Å². The molecular weight excluding hydrogens is 401 g/mol. The Balaban J connectivity index is 1.59. The van der Waals surface area contributed by atoms with Crippen molar-refractivity contribution in [2.24, 2.45) is 0 Å². The molecule has 0 N–H and O–H groups in total. The number of rotatable bonds is 4. The molecule has 3 heterocycles. The van der Waals surface area contributed by atoms with E-state index in [-0.39, 0.29) is 36.3 Å². The zero-order chi connectivity index (χ0) is 21.1. The van der Waals surface area contributed by atoms with E-state index in [2.05, 4.69) is 19.7 Å². The molecule has 0 radical (unpaired) electrons. The second kappa shape index (κ2) is 7.97. The molecule has 1 amide bonds. The van der Waals surface area contributed by atoms with Crippen LogP contribution in [0.4, 0.5) is 13.2 Å². The van der Waals surface area contributed by atoms with Gasteiger partial charge in [0.2, 0.25) is 5.88 Å². The molecular formula is C20H15F3N4O3. The maximum absolute atomic E-state index is 13.0. The van der Waals surface area contributed by atoms with E-state index < -0.39 is 6.36 Å². The summed E-state index contributed by atoms with van der Waals surface area (Å²) in [5.74, 6) is 0.0830. The van der Waals surface area contributed by atoms with Crippen molar-refractivity contribution in [3.63, 3.8) is 0 Å². The first-order valence-corrected chi connectivity index (χ1v) is 8.93. The third-order valence-corrected chi connectivity index (χ3v) is 4.34. The van der Waals surface area contributed by atoms with Gasteiger partial charge in [0, 0.05) is 24.2 Å². The van der Waals surface area contributed by atoms with Crippen LogP contribution in [0.15, 0.2) is 55.0 Å². The monoisotopic (exact) mass is 416 g/mol. The fourth-order valence-electron chi connectivity index (χ4n) is 2.98. The summed E-state index contributed by atoms with van der Waals surface area (Å²) < 4.78 is 46.5. The number of aromatic nitrogens is 3. The molecule has 0 atom stereocenters. The Morgan fingerprint density at radius 2 is 1.80 bits per heavy atom. The third-order valence-electron chi connectivity index (χ3n) is 4.34. The molecule has 3 aromatic rings. The number of pyridine rings is 1. The SMILES string of the molecule is O=C1c2cc(-c3ccc(OC(F)(F)F)cc3)cnc2OCCN1Cc1ncccn1. The molecule has 1 aliphatic rings. The zero-order valence-electron chi connectivity index (χ0n) is 15.5. The highest BCUT2D eigenvalue weighted by molar-refractivity contribution is 5.97. The number of carbonyl (C=O) groups is 1. The lowest BCUT2D eigenvalue weighted by molar-refractivity contribution is -0.274. The lowest BCUT2D eigenvalue weighted by Crippen LogP contribution is -2.32. The molecule has 4 rings (SSSR count). The van der Waals surface area contributed by atoms with Crippen LogP contribution in [0.25, 0.3) is 11.1 Å². The van der Waals surface area contributed by atoms with Crippen molar-refractivity contribution in [2.75, 3.05) is 13.2 Å². The van der Waals surface area contributed by atoms with Crippen LogP contribution >= 0.6 is 0 Å². The number of hydrogen-bond acceptors (Lipinski definition) is 6. The van der Waals surface area contributed by atoms with E-state index in [0.717, 1.165) is 0 Å². The van der Waals surface area contributed by atoms with Crippen molar-refractivity contribution in [2.45, 2.75) is 12.9 Å². The molecule has 10 heteroatoms. The number of ether oxygens (including phenoxy) is 2. The number of nitrogens with zero attached hydrogens (tertiary/aromatic N) is 4. The molecule has 154 valence electrons. The largest absolute Gasteiger partial charge is 0.573 e. The average Bonchev–Trinajstić information content (AvgIpc) is 2.87. The summed E-state index contributed by atoms with van der Waals surface area (Å²) in [6, 6.07) is 8.61. The van der Waals surface area contributed by atoms with Gasteiger partial charge >= 0.3 is 6.36 Å². The van der Waals surface area contributed by atoms with Gasteiger partial charge < -0.3 is 14.4 Å². The van der Waals surface area contributed by atoms with Crippen molar-refractivity contribution in [3.8, 4) is 22.8 Å². The van der Waals surface area contributed by atoms with Crippen molar-refractivity contribution < 1.29 is 27.4 Å². The smallest absolute Gasteiger partial charge is 0.475 e. The second-order valence-corrected chi connectivity index (χ2v) is 6.39. The van der Waals surface area contributed by atoms with E-state index >= 15 is 0 Å². The number of fused-ring (bicyclic) bond motifs is 1. The first kappa shape index (κ1) is 19.6. The van der Waals surface area contributed by atoms with Gasteiger partial charge in [-0.15, -0.1) is 13.2 Å². The first-order chi connectivity index (χ1) is 14.4. The predicted octanol–water partition coefficient (Wildman–Crippen LogP) is 3.47. The fourth-order valence-corrected chi connectivity index (χ4v) is 2.98. The Bertz CT molecular complexity index is 1040. The lowest BCUT2D eigenvalue weighted by atomic mass is 10.1. The molecule has 0 bridgehead atoms. The van der Waals surface area contributed by atoms with Gasteiger partial charge in [-0.1, -0.05) is 12.1 Å². The van der Waals surface area contributed by atoms with Gasteiger partial charge in [0.15, 0.2) is 0 Å². The number of halogens is 3. The van der Waals surface area contributed by atoms with E-state index in [9.17, 15) is 18.0 Å². The van der Waals surface area contributed by atoms with Gasteiger partial charge in [0.25, 0.3) is 5.91 Å². The first-order valence-electron chi connectivity index (χ1n) is 8.93. The third kappa shape index (κ3) is 4.48. The van der Waals surface area contributed by atoms with Crippen LogP contribution in [-0.2, 0) is 6.54 Å². The summed E-state index contributed by atoms with van der Waals surface area (Å²) in [5.41, 5.74) is 1.40. The average molecular weight is 416 g/mol.